The van der Waals surface area contributed by atoms with E-state index in [0.717, 1.165) is 18.6 Å². The van der Waals surface area contributed by atoms with E-state index >= 15 is 0 Å². The van der Waals surface area contributed by atoms with E-state index in [1.54, 1.807) is 0 Å². The first-order valence-corrected chi connectivity index (χ1v) is 9.14. The van der Waals surface area contributed by atoms with Gasteiger partial charge in [0.25, 0.3) is 5.91 Å². The molecule has 1 amide bonds. The maximum Gasteiger partial charge on any atom is 0.268 e. The Morgan fingerprint density at radius 3 is 1.92 bits per heavy atom. The molecule has 0 radical (unpaired) electrons. The molecule has 0 saturated carbocycles. The van der Waals surface area contributed by atoms with Crippen LogP contribution in [0.4, 0.5) is 0 Å². The standard InChI is InChI=1S/C20H20N4OS/c25-19-13-21-20(26)24(19)23-16-11-17(14-7-3-1-4-8-14)22-18(12-16)15-9-5-2-6-10-15/h1-10,17-18,22H,11-13H2,(H,21,26). The fourth-order valence-corrected chi connectivity index (χ4v) is 3.67. The Bertz CT molecular complexity index is 772. The normalized spacial score (nSPS) is 23.1. The summed E-state index contributed by atoms with van der Waals surface area (Å²) in [7, 11) is 0. The molecule has 2 aromatic rings. The second-order valence-electron chi connectivity index (χ2n) is 6.53. The van der Waals surface area contributed by atoms with Crippen LogP contribution in [0.15, 0.2) is 65.8 Å². The molecular weight excluding hydrogens is 344 g/mol. The second-order valence-corrected chi connectivity index (χ2v) is 6.92. The number of thiocarbonyl (C=S) groups is 1. The Hall–Kier alpha value is -2.57. The minimum atomic E-state index is -0.103. The molecule has 5 nitrogen and oxygen atoms in total. The Balaban J connectivity index is 1.65. The molecule has 2 atom stereocenters. The van der Waals surface area contributed by atoms with E-state index < -0.39 is 0 Å². The van der Waals surface area contributed by atoms with Crippen molar-refractivity contribution in [1.29, 1.82) is 0 Å². The van der Waals surface area contributed by atoms with Gasteiger partial charge in [-0.15, -0.1) is 0 Å². The first-order valence-electron chi connectivity index (χ1n) is 8.74. The van der Waals surface area contributed by atoms with E-state index in [2.05, 4.69) is 40.0 Å². The van der Waals surface area contributed by atoms with Gasteiger partial charge in [-0.25, -0.2) is 0 Å². The van der Waals surface area contributed by atoms with Crippen LogP contribution in [0.5, 0.6) is 0 Å². The zero-order valence-electron chi connectivity index (χ0n) is 14.3. The Morgan fingerprint density at radius 2 is 1.46 bits per heavy atom. The summed E-state index contributed by atoms with van der Waals surface area (Å²) in [6.45, 7) is 0.220. The van der Waals surface area contributed by atoms with E-state index in [9.17, 15) is 4.79 Å². The number of carbonyl (C=O) groups is 1. The van der Waals surface area contributed by atoms with Gasteiger partial charge in [0.15, 0.2) is 5.11 Å². The highest BCUT2D eigenvalue weighted by molar-refractivity contribution is 7.80. The van der Waals surface area contributed by atoms with Crippen LogP contribution in [-0.2, 0) is 4.79 Å². The summed E-state index contributed by atoms with van der Waals surface area (Å²) >= 11 is 5.20. The molecule has 6 heteroatoms. The quantitative estimate of drug-likeness (QED) is 0.823. The summed E-state index contributed by atoms with van der Waals surface area (Å²) in [5.74, 6) is -0.103. The number of piperidine rings is 1. The monoisotopic (exact) mass is 364 g/mol. The molecule has 0 aromatic heterocycles. The van der Waals surface area contributed by atoms with Crippen LogP contribution in [-0.4, -0.2) is 28.3 Å². The summed E-state index contributed by atoms with van der Waals surface area (Å²) in [6.07, 6.45) is 1.50. The van der Waals surface area contributed by atoms with Gasteiger partial charge in [0.2, 0.25) is 0 Å². The summed E-state index contributed by atoms with van der Waals surface area (Å²) < 4.78 is 0. The second kappa shape index (κ2) is 7.35. The van der Waals surface area contributed by atoms with Crippen LogP contribution in [0.2, 0.25) is 0 Å². The number of hydrogen-bond acceptors (Lipinski definition) is 4. The van der Waals surface area contributed by atoms with Gasteiger partial charge in [-0.1, -0.05) is 60.7 Å². The number of nitrogens with one attached hydrogen (secondary N) is 2. The predicted octanol–water partition coefficient (Wildman–Crippen LogP) is 2.93. The number of rotatable bonds is 3. The largest absolute Gasteiger partial charge is 0.352 e. The zero-order valence-corrected chi connectivity index (χ0v) is 15.1. The fourth-order valence-electron chi connectivity index (χ4n) is 3.45. The average molecular weight is 364 g/mol. The van der Waals surface area contributed by atoms with Crippen LogP contribution < -0.4 is 10.6 Å². The predicted molar refractivity (Wildman–Crippen MR) is 106 cm³/mol. The topological polar surface area (TPSA) is 56.7 Å². The van der Waals surface area contributed by atoms with E-state index in [1.807, 2.05) is 36.4 Å². The molecular formula is C20H20N4OS. The molecule has 2 N–H and O–H groups in total. The van der Waals surface area contributed by atoms with Crippen molar-refractivity contribution in [3.63, 3.8) is 0 Å². The zero-order chi connectivity index (χ0) is 17.9. The third-order valence-electron chi connectivity index (χ3n) is 4.75. The van der Waals surface area contributed by atoms with Gasteiger partial charge in [0, 0.05) is 30.6 Å². The number of carbonyl (C=O) groups excluding carboxylic acids is 1. The number of hydrazone groups is 1. The molecule has 0 bridgehead atoms. The lowest BCUT2D eigenvalue weighted by molar-refractivity contribution is -0.124. The van der Waals surface area contributed by atoms with Gasteiger partial charge >= 0.3 is 0 Å². The van der Waals surface area contributed by atoms with Gasteiger partial charge < -0.3 is 10.6 Å². The van der Waals surface area contributed by atoms with Crippen molar-refractivity contribution in [2.45, 2.75) is 24.9 Å². The fraction of sp³-hybridized carbons (Fsp3) is 0.250. The first kappa shape index (κ1) is 16.9. The van der Waals surface area contributed by atoms with E-state index in [-0.39, 0.29) is 24.5 Å². The molecule has 4 rings (SSSR count). The first-order chi connectivity index (χ1) is 12.7. The van der Waals surface area contributed by atoms with Crippen LogP contribution in [0.3, 0.4) is 0 Å². The molecule has 2 aliphatic rings. The molecule has 2 fully saturated rings. The van der Waals surface area contributed by atoms with Crippen molar-refractivity contribution in [2.24, 2.45) is 5.10 Å². The van der Waals surface area contributed by atoms with Gasteiger partial charge in [-0.05, 0) is 23.3 Å². The Kier molecular flexibility index (Phi) is 4.77. The summed E-state index contributed by atoms with van der Waals surface area (Å²) in [6, 6.07) is 21.0. The van der Waals surface area contributed by atoms with Gasteiger partial charge in [-0.3, -0.25) is 4.79 Å². The highest BCUT2D eigenvalue weighted by Crippen LogP contribution is 2.31. The third kappa shape index (κ3) is 3.52. The molecule has 2 unspecified atom stereocenters. The molecule has 2 saturated heterocycles. The van der Waals surface area contributed by atoms with E-state index in [0.29, 0.717) is 5.11 Å². The maximum absolute atomic E-state index is 12.0. The molecule has 2 heterocycles. The number of nitrogens with zero attached hydrogens (tertiary/aromatic N) is 2. The third-order valence-corrected chi connectivity index (χ3v) is 5.06. The molecule has 0 aliphatic carbocycles. The van der Waals surface area contributed by atoms with Crippen molar-refractivity contribution < 1.29 is 4.79 Å². The minimum absolute atomic E-state index is 0.103. The summed E-state index contributed by atoms with van der Waals surface area (Å²) in [5, 5.41) is 12.9. The molecule has 0 spiro atoms. The van der Waals surface area contributed by atoms with Crippen molar-refractivity contribution in [1.82, 2.24) is 15.6 Å². The lowest BCUT2D eigenvalue weighted by atomic mass is 9.89. The van der Waals surface area contributed by atoms with Gasteiger partial charge in [-0.2, -0.15) is 10.1 Å². The van der Waals surface area contributed by atoms with Crippen molar-refractivity contribution in [2.75, 3.05) is 6.54 Å². The minimum Gasteiger partial charge on any atom is -0.352 e. The average Bonchev–Trinajstić information content (AvgIpc) is 3.01. The summed E-state index contributed by atoms with van der Waals surface area (Å²) in [5.41, 5.74) is 3.41. The highest BCUT2D eigenvalue weighted by Gasteiger charge is 2.30. The van der Waals surface area contributed by atoms with Crippen molar-refractivity contribution in [3.8, 4) is 0 Å². The van der Waals surface area contributed by atoms with Crippen molar-refractivity contribution in [3.05, 3.63) is 71.8 Å². The number of amides is 1. The number of hydrogen-bond donors (Lipinski definition) is 2. The molecule has 132 valence electrons. The molecule has 2 aliphatic heterocycles. The van der Waals surface area contributed by atoms with Crippen LogP contribution in [0.1, 0.15) is 36.1 Å². The van der Waals surface area contributed by atoms with Crippen molar-refractivity contribution >= 4 is 28.9 Å². The van der Waals surface area contributed by atoms with Crippen LogP contribution in [0.25, 0.3) is 0 Å². The Morgan fingerprint density at radius 1 is 0.923 bits per heavy atom. The lowest BCUT2D eigenvalue weighted by Crippen LogP contribution is -2.37. The SMILES string of the molecule is O=C1CNC(=S)N1N=C1CC(c2ccccc2)NC(c2ccccc2)C1. The maximum atomic E-state index is 12.0. The smallest absolute Gasteiger partial charge is 0.268 e. The van der Waals surface area contributed by atoms with Gasteiger partial charge in [0.05, 0.1) is 6.54 Å². The van der Waals surface area contributed by atoms with Gasteiger partial charge in [0.1, 0.15) is 0 Å². The summed E-state index contributed by atoms with van der Waals surface area (Å²) in [4.78, 5) is 12.0. The highest BCUT2D eigenvalue weighted by atomic mass is 32.1. The van der Waals surface area contributed by atoms with E-state index in [4.69, 9.17) is 12.2 Å². The van der Waals surface area contributed by atoms with Crippen LogP contribution in [0, 0.1) is 0 Å². The molecule has 26 heavy (non-hydrogen) atoms. The molecule has 2 aromatic carbocycles. The lowest BCUT2D eigenvalue weighted by Gasteiger charge is -2.33. The number of benzene rings is 2. The van der Waals surface area contributed by atoms with E-state index in [1.165, 1.54) is 16.1 Å². The Labute approximate surface area is 158 Å². The van der Waals surface area contributed by atoms with Crippen LogP contribution >= 0.6 is 12.2 Å².